The fourth-order valence-corrected chi connectivity index (χ4v) is 3.95. The quantitative estimate of drug-likeness (QED) is 0.800. The second kappa shape index (κ2) is 5.00. The van der Waals surface area contributed by atoms with Gasteiger partial charge in [-0.2, -0.15) is 0 Å². The van der Waals surface area contributed by atoms with Crippen molar-refractivity contribution in [3.8, 4) is 0 Å². The molecule has 0 fully saturated rings. The van der Waals surface area contributed by atoms with Gasteiger partial charge in [-0.1, -0.05) is 48.2 Å². The third-order valence-corrected chi connectivity index (χ3v) is 4.91. The molecule has 0 saturated heterocycles. The summed E-state index contributed by atoms with van der Waals surface area (Å²) in [6, 6.07) is 17.7. The minimum Gasteiger partial charge on any atom is -0.331 e. The van der Waals surface area contributed by atoms with Gasteiger partial charge in [-0.25, -0.2) is 0 Å². The van der Waals surface area contributed by atoms with Crippen LogP contribution in [0.5, 0.6) is 0 Å². The number of rotatable bonds is 1. The van der Waals surface area contributed by atoms with E-state index in [1.54, 1.807) is 0 Å². The number of hydrogen-bond donors (Lipinski definition) is 1. The van der Waals surface area contributed by atoms with Crippen molar-refractivity contribution in [3.05, 3.63) is 60.7 Å². The van der Waals surface area contributed by atoms with Crippen LogP contribution in [-0.4, -0.2) is 19.1 Å². The van der Waals surface area contributed by atoms with Gasteiger partial charge in [0.05, 0.1) is 17.4 Å². The molecular formula is C17H16N2S. The maximum absolute atomic E-state index is 3.46. The molecule has 4 rings (SSSR count). The van der Waals surface area contributed by atoms with Crippen molar-refractivity contribution < 1.29 is 0 Å². The lowest BCUT2D eigenvalue weighted by Gasteiger charge is -2.38. The highest BCUT2D eigenvalue weighted by Gasteiger charge is 2.27. The molecule has 1 N–H and O–H groups in total. The highest BCUT2D eigenvalue weighted by Crippen LogP contribution is 2.48. The Kier molecular flexibility index (Phi) is 3.02. The lowest BCUT2D eigenvalue weighted by atomic mass is 10.1. The van der Waals surface area contributed by atoms with E-state index in [-0.39, 0.29) is 0 Å². The highest BCUT2D eigenvalue weighted by atomic mass is 32.2. The van der Waals surface area contributed by atoms with Gasteiger partial charge in [-0.15, -0.1) is 0 Å². The van der Waals surface area contributed by atoms with Crippen molar-refractivity contribution in [1.29, 1.82) is 0 Å². The molecule has 0 bridgehead atoms. The molecule has 1 unspecified atom stereocenters. The summed E-state index contributed by atoms with van der Waals surface area (Å²) in [7, 11) is 0. The number of benzene rings is 2. The second-order valence-electron chi connectivity index (χ2n) is 5.06. The van der Waals surface area contributed by atoms with E-state index in [1.165, 1.54) is 21.2 Å². The third-order valence-electron chi connectivity index (χ3n) is 3.78. The van der Waals surface area contributed by atoms with Crippen molar-refractivity contribution in [2.45, 2.75) is 15.8 Å². The number of hydrogen-bond acceptors (Lipinski definition) is 3. The number of fused-ring (bicyclic) bond motifs is 2. The van der Waals surface area contributed by atoms with Gasteiger partial charge in [0.25, 0.3) is 0 Å². The number of anilines is 2. The minimum absolute atomic E-state index is 0.381. The van der Waals surface area contributed by atoms with Crippen LogP contribution in [0.3, 0.4) is 0 Å². The molecule has 0 saturated carbocycles. The molecule has 3 heteroatoms. The Morgan fingerprint density at radius 3 is 2.20 bits per heavy atom. The molecule has 0 aliphatic carbocycles. The maximum Gasteiger partial charge on any atom is 0.0648 e. The molecule has 0 radical (unpaired) electrons. The van der Waals surface area contributed by atoms with E-state index in [0.29, 0.717) is 6.04 Å². The van der Waals surface area contributed by atoms with Crippen LogP contribution in [-0.2, 0) is 0 Å². The van der Waals surface area contributed by atoms with Crippen LogP contribution >= 0.6 is 11.8 Å². The first-order valence-electron chi connectivity index (χ1n) is 6.96. The minimum atomic E-state index is 0.381. The predicted octanol–water partition coefficient (Wildman–Crippen LogP) is 3.82. The number of para-hydroxylation sites is 2. The van der Waals surface area contributed by atoms with Gasteiger partial charge in [0.15, 0.2) is 0 Å². The Balaban J connectivity index is 1.87. The van der Waals surface area contributed by atoms with E-state index in [9.17, 15) is 0 Å². The van der Waals surface area contributed by atoms with Crippen molar-refractivity contribution in [2.75, 3.05) is 18.0 Å². The average Bonchev–Trinajstić information content (AvgIpc) is 2.53. The monoisotopic (exact) mass is 280 g/mol. The van der Waals surface area contributed by atoms with E-state index in [4.69, 9.17) is 0 Å². The lowest BCUT2D eigenvalue weighted by molar-refractivity contribution is 0.636. The summed E-state index contributed by atoms with van der Waals surface area (Å²) in [5.74, 6) is 0. The maximum atomic E-state index is 3.46. The number of nitrogens with zero attached hydrogens (tertiary/aromatic N) is 1. The summed E-state index contributed by atoms with van der Waals surface area (Å²) in [6.07, 6.45) is 4.54. The Bertz CT molecular complexity index is 620. The summed E-state index contributed by atoms with van der Waals surface area (Å²) < 4.78 is 0. The highest BCUT2D eigenvalue weighted by molar-refractivity contribution is 7.99. The Morgan fingerprint density at radius 1 is 0.950 bits per heavy atom. The molecule has 2 aliphatic rings. The van der Waals surface area contributed by atoms with Gasteiger partial charge >= 0.3 is 0 Å². The molecule has 2 aromatic carbocycles. The van der Waals surface area contributed by atoms with E-state index in [2.05, 4.69) is 70.9 Å². The van der Waals surface area contributed by atoms with Gasteiger partial charge in [0, 0.05) is 22.9 Å². The fraction of sp³-hybridized carbons (Fsp3) is 0.176. The Labute approximate surface area is 123 Å². The molecule has 100 valence electrons. The molecule has 2 heterocycles. The zero-order chi connectivity index (χ0) is 13.4. The fourth-order valence-electron chi connectivity index (χ4n) is 2.88. The topological polar surface area (TPSA) is 15.3 Å². The first-order valence-corrected chi connectivity index (χ1v) is 7.78. The van der Waals surface area contributed by atoms with Crippen molar-refractivity contribution in [1.82, 2.24) is 5.32 Å². The van der Waals surface area contributed by atoms with Crippen LogP contribution in [0.2, 0.25) is 0 Å². The van der Waals surface area contributed by atoms with Crippen LogP contribution in [0.4, 0.5) is 11.4 Å². The molecule has 0 amide bonds. The smallest absolute Gasteiger partial charge is 0.0648 e. The predicted molar refractivity (Wildman–Crippen MR) is 84.9 cm³/mol. The molecule has 2 aliphatic heterocycles. The Hall–Kier alpha value is -1.71. The van der Waals surface area contributed by atoms with Gasteiger partial charge in [-0.3, -0.25) is 0 Å². The van der Waals surface area contributed by atoms with Crippen LogP contribution in [0, 0.1) is 0 Å². The number of nitrogens with one attached hydrogen (secondary N) is 1. The molecule has 1 atom stereocenters. The molecule has 20 heavy (non-hydrogen) atoms. The van der Waals surface area contributed by atoms with Crippen LogP contribution < -0.4 is 10.2 Å². The zero-order valence-corrected chi connectivity index (χ0v) is 11.9. The lowest BCUT2D eigenvalue weighted by Crippen LogP contribution is -2.42. The molecular weight excluding hydrogens is 264 g/mol. The first-order chi connectivity index (χ1) is 9.93. The van der Waals surface area contributed by atoms with Crippen LogP contribution in [0.15, 0.2) is 70.5 Å². The summed E-state index contributed by atoms with van der Waals surface area (Å²) in [5, 5.41) is 3.46. The average molecular weight is 280 g/mol. The molecule has 2 aromatic rings. The summed E-state index contributed by atoms with van der Waals surface area (Å²) in [6.45, 7) is 1.96. The zero-order valence-electron chi connectivity index (χ0n) is 11.1. The van der Waals surface area contributed by atoms with Crippen LogP contribution in [0.1, 0.15) is 0 Å². The van der Waals surface area contributed by atoms with E-state index in [1.807, 2.05) is 11.8 Å². The Morgan fingerprint density at radius 2 is 1.60 bits per heavy atom. The summed E-state index contributed by atoms with van der Waals surface area (Å²) in [4.78, 5) is 5.14. The standard InChI is InChI=1S/C17H16N2S/c1-3-9-16-14(7-1)19(13-6-5-11-18-12-13)15-8-2-4-10-17(15)20-16/h1-10,13,18H,11-12H2. The molecule has 0 spiro atoms. The normalized spacial score (nSPS) is 20.4. The molecule has 2 nitrogen and oxygen atoms in total. The van der Waals surface area contributed by atoms with E-state index >= 15 is 0 Å². The largest absolute Gasteiger partial charge is 0.331 e. The second-order valence-corrected chi connectivity index (χ2v) is 6.15. The van der Waals surface area contributed by atoms with E-state index < -0.39 is 0 Å². The van der Waals surface area contributed by atoms with Gasteiger partial charge < -0.3 is 10.2 Å². The summed E-state index contributed by atoms with van der Waals surface area (Å²) >= 11 is 1.86. The summed E-state index contributed by atoms with van der Waals surface area (Å²) in [5.41, 5.74) is 2.63. The third kappa shape index (κ3) is 1.94. The van der Waals surface area contributed by atoms with Gasteiger partial charge in [-0.05, 0) is 24.3 Å². The van der Waals surface area contributed by atoms with Crippen molar-refractivity contribution >= 4 is 23.1 Å². The van der Waals surface area contributed by atoms with Gasteiger partial charge in [0.2, 0.25) is 0 Å². The van der Waals surface area contributed by atoms with Crippen molar-refractivity contribution in [2.24, 2.45) is 0 Å². The first kappa shape index (κ1) is 12.1. The van der Waals surface area contributed by atoms with Crippen molar-refractivity contribution in [3.63, 3.8) is 0 Å². The van der Waals surface area contributed by atoms with E-state index in [0.717, 1.165) is 13.1 Å². The van der Waals surface area contributed by atoms with Crippen LogP contribution in [0.25, 0.3) is 0 Å². The molecule has 0 aromatic heterocycles. The van der Waals surface area contributed by atoms with Gasteiger partial charge in [0.1, 0.15) is 0 Å². The SMILES string of the molecule is C1=CC(N2c3ccccc3Sc3ccccc32)CNC1.